The fraction of sp³-hybridized carbons (Fsp3) is 1.00. The van der Waals surface area contributed by atoms with Crippen LogP contribution in [0.5, 0.6) is 0 Å². The number of hydrogen-bond acceptors (Lipinski definition) is 14. The van der Waals surface area contributed by atoms with E-state index in [1.165, 1.54) is 0 Å². The van der Waals surface area contributed by atoms with Crippen LogP contribution < -0.4 is 0 Å². The molecule has 3 aliphatic rings. The quantitative estimate of drug-likeness (QED) is 0.0938. The lowest BCUT2D eigenvalue weighted by Gasteiger charge is -2.48. The van der Waals surface area contributed by atoms with Crippen LogP contribution in [0.1, 0.15) is 33.6 Å². The van der Waals surface area contributed by atoms with Gasteiger partial charge in [0.25, 0.3) is 0 Å². The molecule has 25 heteroatoms. The summed E-state index contributed by atoms with van der Waals surface area (Å²) in [6, 6.07) is -5.07. The highest BCUT2D eigenvalue weighted by molar-refractivity contribution is 6.74. The molecule has 2 saturated heterocycles. The van der Waals surface area contributed by atoms with Crippen molar-refractivity contribution in [3.63, 3.8) is 0 Å². The number of rotatable bonds is 13. The van der Waals surface area contributed by atoms with E-state index < -0.39 is 93.9 Å². The van der Waals surface area contributed by atoms with Gasteiger partial charge in [-0.1, -0.05) is 46.3 Å². The molecule has 0 aromatic carbocycles. The number of aliphatic hydroxyl groups is 4. The van der Waals surface area contributed by atoms with Gasteiger partial charge in [0.05, 0.1) is 67.8 Å². The Morgan fingerprint density at radius 3 is 1.76 bits per heavy atom. The van der Waals surface area contributed by atoms with Crippen LogP contribution >= 0.6 is 0 Å². The van der Waals surface area contributed by atoms with E-state index in [1.54, 1.807) is 0 Å². The van der Waals surface area contributed by atoms with Crippen LogP contribution in [-0.4, -0.2) is 127 Å². The van der Waals surface area contributed by atoms with Crippen LogP contribution in [0.15, 0.2) is 25.6 Å². The Labute approximate surface area is 280 Å². The standard InChI is InChI=1S/C24H41N15O9Si/c1-24(2,3)49(4,5)44-9-15-17(41)16(34-39-29)18(42)23(46-15)48-21-11(32-37-27)6-10(31-36-26)20(19(21)43)47-22-12(33-38-28)7-13(40)14(45-22)8-30-35-25/h10-23,40-43H,6-9H2,1-5H3/t10-,11+,12+,13-,14+,15+,16-,17+,18+,19-,20+,21-,22+,23+/m0/s1. The zero-order valence-electron chi connectivity index (χ0n) is 27.4. The second-order valence-corrected chi connectivity index (χ2v) is 18.1. The van der Waals surface area contributed by atoms with Gasteiger partial charge in [-0.3, -0.25) is 0 Å². The summed E-state index contributed by atoms with van der Waals surface area (Å²) in [5, 5.41) is 61.9. The molecule has 0 bridgehead atoms. The molecule has 1 saturated carbocycles. The topological polar surface area (TPSA) is 371 Å². The smallest absolute Gasteiger partial charge is 0.192 e. The van der Waals surface area contributed by atoms with Gasteiger partial charge in [-0.2, -0.15) is 0 Å². The summed E-state index contributed by atoms with van der Waals surface area (Å²) in [5.74, 6) is 0. The minimum Gasteiger partial charge on any atom is -0.414 e. The van der Waals surface area contributed by atoms with Crippen molar-refractivity contribution in [2.24, 2.45) is 25.6 Å². The van der Waals surface area contributed by atoms with Crippen molar-refractivity contribution < 1.29 is 43.8 Å². The third kappa shape index (κ3) is 9.56. The Hall–Kier alpha value is -3.59. The molecule has 14 atom stereocenters. The molecular weight excluding hydrogens is 670 g/mol. The summed E-state index contributed by atoms with van der Waals surface area (Å²) >= 11 is 0. The zero-order chi connectivity index (χ0) is 36.5. The van der Waals surface area contributed by atoms with Gasteiger partial charge < -0.3 is 43.8 Å². The summed E-state index contributed by atoms with van der Waals surface area (Å²) in [7, 11) is -2.38. The van der Waals surface area contributed by atoms with Crippen LogP contribution in [0, 0.1) is 0 Å². The van der Waals surface area contributed by atoms with Crippen molar-refractivity contribution >= 4 is 8.32 Å². The number of nitrogens with zero attached hydrogens (tertiary/aromatic N) is 15. The van der Waals surface area contributed by atoms with Crippen molar-refractivity contribution in [2.75, 3.05) is 13.2 Å². The number of ether oxygens (including phenoxy) is 4. The first-order chi connectivity index (χ1) is 23.1. The van der Waals surface area contributed by atoms with Gasteiger partial charge >= 0.3 is 0 Å². The van der Waals surface area contributed by atoms with E-state index in [9.17, 15) is 37.0 Å². The molecule has 3 rings (SSSR count). The van der Waals surface area contributed by atoms with Crippen LogP contribution in [-0.2, 0) is 23.4 Å². The van der Waals surface area contributed by atoms with Crippen molar-refractivity contribution in [3.8, 4) is 0 Å². The third-order valence-corrected chi connectivity index (χ3v) is 13.7. The molecule has 2 aliphatic heterocycles. The molecule has 0 unspecified atom stereocenters. The first kappa shape index (κ1) is 39.8. The minimum absolute atomic E-state index is 0.165. The average molecular weight is 712 g/mol. The monoisotopic (exact) mass is 711 g/mol. The average Bonchev–Trinajstić information content (AvgIpc) is 3.03. The fourth-order valence-electron chi connectivity index (χ4n) is 5.47. The van der Waals surface area contributed by atoms with E-state index in [0.29, 0.717) is 0 Å². The Kier molecular flexibility index (Phi) is 14.1. The maximum absolute atomic E-state index is 11.7. The van der Waals surface area contributed by atoms with Crippen molar-refractivity contribution in [1.29, 1.82) is 0 Å². The second-order valence-electron chi connectivity index (χ2n) is 13.3. The van der Waals surface area contributed by atoms with Gasteiger partial charge in [0, 0.05) is 24.6 Å². The Balaban J connectivity index is 1.95. The minimum atomic E-state index is -2.38. The number of aliphatic hydroxyl groups excluding tert-OH is 4. The molecule has 0 spiro atoms. The summed E-state index contributed by atoms with van der Waals surface area (Å²) in [6.07, 6.45) is -15.1. The summed E-state index contributed by atoms with van der Waals surface area (Å²) in [6.45, 7) is 9.49. The van der Waals surface area contributed by atoms with Gasteiger partial charge in [-0.25, -0.2) is 0 Å². The van der Waals surface area contributed by atoms with E-state index in [0.717, 1.165) is 0 Å². The maximum Gasteiger partial charge on any atom is 0.192 e. The van der Waals surface area contributed by atoms with E-state index in [-0.39, 0.29) is 31.0 Å². The third-order valence-electron chi connectivity index (χ3n) is 9.23. The Bertz CT molecular complexity index is 1390. The van der Waals surface area contributed by atoms with E-state index >= 15 is 0 Å². The van der Waals surface area contributed by atoms with E-state index in [2.05, 4.69) is 50.1 Å². The molecular formula is C24H41N15O9Si. The zero-order valence-corrected chi connectivity index (χ0v) is 28.4. The number of azide groups is 5. The first-order valence-corrected chi connectivity index (χ1v) is 18.2. The van der Waals surface area contributed by atoms with Crippen molar-refractivity contribution in [1.82, 2.24) is 0 Å². The van der Waals surface area contributed by atoms with Crippen LogP contribution in [0.2, 0.25) is 18.1 Å². The normalized spacial score (nSPS) is 38.0. The van der Waals surface area contributed by atoms with Crippen molar-refractivity contribution in [3.05, 3.63) is 52.2 Å². The lowest BCUT2D eigenvalue weighted by molar-refractivity contribution is -0.314. The van der Waals surface area contributed by atoms with Gasteiger partial charge in [-0.05, 0) is 58.6 Å². The molecule has 270 valence electrons. The van der Waals surface area contributed by atoms with Crippen LogP contribution in [0.25, 0.3) is 52.2 Å². The lowest BCUT2D eigenvalue weighted by atomic mass is 9.84. The van der Waals surface area contributed by atoms with Gasteiger partial charge in [0.2, 0.25) is 0 Å². The molecule has 2 heterocycles. The molecule has 0 amide bonds. The number of hydrogen-bond donors (Lipinski definition) is 4. The largest absolute Gasteiger partial charge is 0.414 e. The highest BCUT2D eigenvalue weighted by Crippen LogP contribution is 2.39. The van der Waals surface area contributed by atoms with Crippen molar-refractivity contribution in [2.45, 2.75) is 137 Å². The Morgan fingerprint density at radius 2 is 1.22 bits per heavy atom. The molecule has 1 aliphatic carbocycles. The Morgan fingerprint density at radius 1 is 0.694 bits per heavy atom. The predicted octanol–water partition coefficient (Wildman–Crippen LogP) is 3.49. The van der Waals surface area contributed by atoms with Gasteiger partial charge in [0.1, 0.15) is 18.3 Å². The molecule has 0 aromatic heterocycles. The lowest BCUT2D eigenvalue weighted by Crippen LogP contribution is -2.64. The highest BCUT2D eigenvalue weighted by atomic mass is 28.4. The summed E-state index contributed by atoms with van der Waals surface area (Å²) < 4.78 is 29.9. The van der Waals surface area contributed by atoms with E-state index in [1.807, 2.05) is 33.9 Å². The SMILES string of the molecule is CC(C)(C)[Si](C)(C)OC[C@H]1O[C@H](O[C@@H]2[C@@H](O)[C@H](O[C@H]3O[C@H](CN=[N+]=[N-])[C@@H](O)C[C@H]3N=[N+]=[N-])[C@@H](N=[N+]=[N-])C[C@H]2N=[N+]=[N-])[C@H](O)[C@@H](N=[N+]=[N-])[C@@H]1O. The van der Waals surface area contributed by atoms with Crippen LogP contribution in [0.3, 0.4) is 0 Å². The summed E-state index contributed by atoms with van der Waals surface area (Å²) in [4.78, 5) is 13.7. The predicted molar refractivity (Wildman–Crippen MR) is 169 cm³/mol. The molecule has 4 N–H and O–H groups in total. The van der Waals surface area contributed by atoms with Crippen LogP contribution in [0.4, 0.5) is 0 Å². The molecule has 24 nitrogen and oxygen atoms in total. The molecule has 3 fully saturated rings. The first-order valence-electron chi connectivity index (χ1n) is 15.3. The van der Waals surface area contributed by atoms with E-state index in [4.69, 9.17) is 34.4 Å². The maximum atomic E-state index is 11.7. The molecule has 0 radical (unpaired) electrons. The van der Waals surface area contributed by atoms with Gasteiger partial charge in [-0.15, -0.1) is 0 Å². The fourth-order valence-corrected chi connectivity index (χ4v) is 6.49. The van der Waals surface area contributed by atoms with Gasteiger partial charge in [0.15, 0.2) is 20.9 Å². The molecule has 0 aromatic rings. The highest BCUT2D eigenvalue weighted by Gasteiger charge is 2.52. The summed E-state index contributed by atoms with van der Waals surface area (Å²) in [5.41, 5.74) is 45.6. The molecule has 49 heavy (non-hydrogen) atoms. The second kappa shape index (κ2) is 17.4.